The van der Waals surface area contributed by atoms with Crippen LogP contribution in [0.4, 0.5) is 0 Å². The zero-order chi connectivity index (χ0) is 32.7. The van der Waals surface area contributed by atoms with Crippen LogP contribution in [0.2, 0.25) is 0 Å². The lowest BCUT2D eigenvalue weighted by atomic mass is 9.67. The normalized spacial score (nSPS) is 15.4. The van der Waals surface area contributed by atoms with Crippen LogP contribution in [0, 0.1) is 0 Å². The highest BCUT2D eigenvalue weighted by Gasteiger charge is 2.46. The summed E-state index contributed by atoms with van der Waals surface area (Å²) < 4.78 is 0.829. The third kappa shape index (κ3) is 4.71. The van der Waals surface area contributed by atoms with Gasteiger partial charge in [-0.25, -0.2) is 4.98 Å². The van der Waals surface area contributed by atoms with Crippen molar-refractivity contribution in [2.75, 3.05) is 0 Å². The molecule has 0 aliphatic heterocycles. The van der Waals surface area contributed by atoms with Gasteiger partial charge in [0.2, 0.25) is 0 Å². The zero-order valence-corrected chi connectivity index (χ0v) is 28.4. The van der Waals surface area contributed by atoms with Crippen molar-refractivity contribution in [1.82, 2.24) is 4.98 Å². The molecule has 48 heavy (non-hydrogen) atoms. The minimum absolute atomic E-state index is 0.547. The van der Waals surface area contributed by atoms with Crippen molar-refractivity contribution >= 4 is 37.5 Å². The Morgan fingerprint density at radius 1 is 0.646 bits per heavy atom. The van der Waals surface area contributed by atoms with Crippen LogP contribution in [0.25, 0.3) is 54.9 Å². The molecule has 1 nitrogen and oxygen atoms in total. The summed E-state index contributed by atoms with van der Waals surface area (Å²) in [6.07, 6.45) is 11.6. The minimum atomic E-state index is -0.547. The molecule has 1 aliphatic rings. The van der Waals surface area contributed by atoms with E-state index in [1.54, 1.807) is 0 Å². The van der Waals surface area contributed by atoms with Gasteiger partial charge in [-0.15, -0.1) is 0 Å². The molecule has 1 heterocycles. The van der Waals surface area contributed by atoms with E-state index in [9.17, 15) is 0 Å². The van der Waals surface area contributed by atoms with Crippen molar-refractivity contribution in [2.24, 2.45) is 0 Å². The first-order valence-corrected chi connectivity index (χ1v) is 17.3. The summed E-state index contributed by atoms with van der Waals surface area (Å²) in [5.41, 5.74) is 11.5. The summed E-state index contributed by atoms with van der Waals surface area (Å²) >= 11 is 3.53. The SMILES string of the molecule is C=C(/C=C\C=C/CC)C1(c2ccccc2)c2ccccc2-c2ccc(-c3c4ccccc4c(-c4ccc(Br)nc4)c4ccccc34)cc21. The first kappa shape index (κ1) is 30.1. The Hall–Kier alpha value is -5.31. The topological polar surface area (TPSA) is 12.9 Å². The van der Waals surface area contributed by atoms with E-state index in [2.05, 4.69) is 180 Å². The van der Waals surface area contributed by atoms with Crippen LogP contribution < -0.4 is 0 Å². The Morgan fingerprint density at radius 3 is 1.88 bits per heavy atom. The molecular formula is C46H34BrN. The van der Waals surface area contributed by atoms with Gasteiger partial charge < -0.3 is 0 Å². The van der Waals surface area contributed by atoms with Gasteiger partial charge in [0, 0.05) is 11.8 Å². The quantitative estimate of drug-likeness (QED) is 0.0928. The molecule has 0 radical (unpaired) electrons. The van der Waals surface area contributed by atoms with Crippen molar-refractivity contribution < 1.29 is 0 Å². The van der Waals surface area contributed by atoms with Gasteiger partial charge in [0.15, 0.2) is 0 Å². The van der Waals surface area contributed by atoms with Crippen LogP contribution in [0.15, 0.2) is 181 Å². The predicted octanol–water partition coefficient (Wildman–Crippen LogP) is 12.9. The molecule has 1 unspecified atom stereocenters. The fraction of sp³-hybridized carbons (Fsp3) is 0.0652. The van der Waals surface area contributed by atoms with Crippen molar-refractivity contribution in [2.45, 2.75) is 18.8 Å². The van der Waals surface area contributed by atoms with E-state index in [0.717, 1.165) is 22.2 Å². The van der Waals surface area contributed by atoms with Crippen molar-refractivity contribution in [1.29, 1.82) is 0 Å². The number of hydrogen-bond donors (Lipinski definition) is 0. The van der Waals surface area contributed by atoms with E-state index >= 15 is 0 Å². The highest BCUT2D eigenvalue weighted by molar-refractivity contribution is 9.10. The summed E-state index contributed by atoms with van der Waals surface area (Å²) in [6.45, 7) is 6.96. The Morgan fingerprint density at radius 2 is 1.23 bits per heavy atom. The van der Waals surface area contributed by atoms with E-state index in [1.165, 1.54) is 66.1 Å². The summed E-state index contributed by atoms with van der Waals surface area (Å²) in [7, 11) is 0. The molecule has 1 atom stereocenters. The lowest BCUT2D eigenvalue weighted by Crippen LogP contribution is -2.28. The van der Waals surface area contributed by atoms with E-state index in [1.807, 2.05) is 12.3 Å². The van der Waals surface area contributed by atoms with Crippen molar-refractivity contribution in [3.05, 3.63) is 197 Å². The second-order valence-corrected chi connectivity index (χ2v) is 13.2. The third-order valence-electron chi connectivity index (χ3n) is 9.75. The van der Waals surface area contributed by atoms with Gasteiger partial charge in [-0.2, -0.15) is 0 Å². The zero-order valence-electron chi connectivity index (χ0n) is 26.8. The average Bonchev–Trinajstić information content (AvgIpc) is 3.43. The van der Waals surface area contributed by atoms with Gasteiger partial charge in [0.25, 0.3) is 0 Å². The van der Waals surface area contributed by atoms with Crippen LogP contribution in [-0.4, -0.2) is 4.98 Å². The van der Waals surface area contributed by atoms with Crippen LogP contribution in [0.5, 0.6) is 0 Å². The number of allylic oxidation sites excluding steroid dienone is 5. The van der Waals surface area contributed by atoms with Gasteiger partial charge in [-0.05, 0) is 106 Å². The highest BCUT2D eigenvalue weighted by Crippen LogP contribution is 2.57. The van der Waals surface area contributed by atoms with Gasteiger partial charge in [0.1, 0.15) is 4.60 Å². The summed E-state index contributed by atoms with van der Waals surface area (Å²) in [6, 6.07) is 48.6. The van der Waals surface area contributed by atoms with Gasteiger partial charge >= 0.3 is 0 Å². The molecule has 0 saturated carbocycles. The summed E-state index contributed by atoms with van der Waals surface area (Å²) in [5.74, 6) is 0. The molecule has 8 rings (SSSR count). The van der Waals surface area contributed by atoms with E-state index < -0.39 is 5.41 Å². The summed E-state index contributed by atoms with van der Waals surface area (Å²) in [4.78, 5) is 4.60. The van der Waals surface area contributed by atoms with E-state index in [0.29, 0.717) is 0 Å². The van der Waals surface area contributed by atoms with Gasteiger partial charge in [-0.1, -0.05) is 159 Å². The molecule has 0 fully saturated rings. The molecule has 7 aromatic rings. The number of pyridine rings is 1. The Balaban J connectivity index is 1.45. The first-order chi connectivity index (χ1) is 23.6. The van der Waals surface area contributed by atoms with Gasteiger partial charge in [0.05, 0.1) is 5.41 Å². The number of rotatable bonds is 7. The fourth-order valence-corrected chi connectivity index (χ4v) is 7.99. The number of nitrogens with zero attached hydrogens (tertiary/aromatic N) is 1. The Bertz CT molecular complexity index is 2340. The highest BCUT2D eigenvalue weighted by atomic mass is 79.9. The van der Waals surface area contributed by atoms with E-state index in [4.69, 9.17) is 6.58 Å². The molecule has 6 aromatic carbocycles. The maximum atomic E-state index is 4.80. The maximum absolute atomic E-state index is 4.80. The lowest BCUT2D eigenvalue weighted by molar-refractivity contribution is 0.770. The standard InChI is InChI=1S/C46H34BrN/c1-3-4-5-7-16-31(2)46(34-17-8-6-9-18-34)41-24-15-14-19-35(41)36-27-25-32(29-42(36)46)44-37-20-10-12-22-39(37)45(33-26-28-43(47)48-30-33)40-23-13-11-21-38(40)44/h4-30H,2-3H2,1H3/b5-4-,16-7-. The van der Waals surface area contributed by atoms with E-state index in [-0.39, 0.29) is 0 Å². The van der Waals surface area contributed by atoms with Crippen molar-refractivity contribution in [3.63, 3.8) is 0 Å². The summed E-state index contributed by atoms with van der Waals surface area (Å²) in [5, 5.41) is 4.86. The number of halogens is 1. The molecule has 230 valence electrons. The molecule has 0 N–H and O–H groups in total. The second kappa shape index (κ2) is 12.4. The molecule has 0 amide bonds. The molecule has 2 heteroatoms. The Kier molecular flexibility index (Phi) is 7.75. The predicted molar refractivity (Wildman–Crippen MR) is 207 cm³/mol. The van der Waals surface area contributed by atoms with Crippen LogP contribution in [-0.2, 0) is 5.41 Å². The molecule has 1 aliphatic carbocycles. The number of benzene rings is 6. The monoisotopic (exact) mass is 679 g/mol. The number of hydrogen-bond acceptors (Lipinski definition) is 1. The number of aromatic nitrogens is 1. The van der Waals surface area contributed by atoms with Crippen LogP contribution >= 0.6 is 15.9 Å². The Labute approximate surface area is 290 Å². The van der Waals surface area contributed by atoms with Crippen LogP contribution in [0.1, 0.15) is 30.0 Å². The molecular weight excluding hydrogens is 646 g/mol. The molecule has 1 aromatic heterocycles. The average molecular weight is 681 g/mol. The van der Waals surface area contributed by atoms with Crippen LogP contribution in [0.3, 0.4) is 0 Å². The largest absolute Gasteiger partial charge is 0.249 e. The smallest absolute Gasteiger partial charge is 0.106 e. The first-order valence-electron chi connectivity index (χ1n) is 16.5. The molecule has 0 saturated heterocycles. The number of fused-ring (bicyclic) bond motifs is 5. The van der Waals surface area contributed by atoms with Gasteiger partial charge in [-0.3, -0.25) is 0 Å². The molecule has 0 bridgehead atoms. The fourth-order valence-electron chi connectivity index (χ4n) is 7.75. The third-order valence-corrected chi connectivity index (χ3v) is 10.2. The minimum Gasteiger partial charge on any atom is -0.249 e. The van der Waals surface area contributed by atoms with Crippen molar-refractivity contribution in [3.8, 4) is 33.4 Å². The maximum Gasteiger partial charge on any atom is 0.106 e. The lowest BCUT2D eigenvalue weighted by Gasteiger charge is -2.34. The second-order valence-electron chi connectivity index (χ2n) is 12.4. The molecule has 0 spiro atoms.